The molecule has 3 rings (SSSR count). The van der Waals surface area contributed by atoms with E-state index in [-0.39, 0.29) is 5.91 Å². The average Bonchev–Trinajstić information content (AvgIpc) is 2.78. The monoisotopic (exact) mass is 389 g/mol. The molecule has 5 heteroatoms. The molecular weight excluding hydrogens is 362 g/mol. The summed E-state index contributed by atoms with van der Waals surface area (Å²) in [7, 11) is 1.67. The number of aromatic nitrogens is 1. The maximum absolute atomic E-state index is 12.8. The van der Waals surface area contributed by atoms with Gasteiger partial charge in [-0.25, -0.2) is 4.98 Å². The van der Waals surface area contributed by atoms with Crippen LogP contribution in [0.1, 0.15) is 28.4 Å². The Hall–Kier alpha value is -3.34. The number of hydrogen-bond acceptors (Lipinski definition) is 4. The van der Waals surface area contributed by atoms with Crippen LogP contribution in [0, 0.1) is 0 Å². The highest BCUT2D eigenvalue weighted by molar-refractivity contribution is 5.94. The quantitative estimate of drug-likeness (QED) is 0.589. The molecule has 1 N–H and O–H groups in total. The lowest BCUT2D eigenvalue weighted by Crippen LogP contribution is -2.30. The molecule has 0 fully saturated rings. The van der Waals surface area contributed by atoms with Crippen LogP contribution in [0.3, 0.4) is 0 Å². The molecule has 0 bridgehead atoms. The number of rotatable bonds is 9. The van der Waals surface area contributed by atoms with Gasteiger partial charge >= 0.3 is 0 Å². The van der Waals surface area contributed by atoms with Gasteiger partial charge in [0.1, 0.15) is 11.6 Å². The SMILES string of the molecule is CCN(Cc1ccccc1)C(=O)c1ccc(NCCc2cccc(OC)c2)nc1. The van der Waals surface area contributed by atoms with E-state index in [9.17, 15) is 4.79 Å². The highest BCUT2D eigenvalue weighted by Gasteiger charge is 2.15. The summed E-state index contributed by atoms with van der Waals surface area (Å²) in [5.74, 6) is 1.61. The highest BCUT2D eigenvalue weighted by Crippen LogP contribution is 2.14. The zero-order valence-corrected chi connectivity index (χ0v) is 17.0. The van der Waals surface area contributed by atoms with E-state index in [1.807, 2.05) is 72.5 Å². The molecule has 1 heterocycles. The summed E-state index contributed by atoms with van der Waals surface area (Å²) in [6.07, 6.45) is 2.50. The molecule has 0 unspecified atom stereocenters. The molecule has 1 amide bonds. The van der Waals surface area contributed by atoms with E-state index >= 15 is 0 Å². The first-order valence-electron chi connectivity index (χ1n) is 9.85. The van der Waals surface area contributed by atoms with E-state index in [0.717, 1.165) is 30.1 Å². The molecule has 150 valence electrons. The van der Waals surface area contributed by atoms with Crippen LogP contribution in [0.4, 0.5) is 5.82 Å². The van der Waals surface area contributed by atoms with Crippen molar-refractivity contribution in [2.45, 2.75) is 19.9 Å². The lowest BCUT2D eigenvalue weighted by molar-refractivity contribution is 0.0752. The number of carbonyl (C=O) groups is 1. The standard InChI is InChI=1S/C24H27N3O2/c1-3-27(18-20-8-5-4-6-9-20)24(28)21-12-13-23(26-17-21)25-15-14-19-10-7-11-22(16-19)29-2/h4-13,16-17H,3,14-15,18H2,1-2H3,(H,25,26). The molecule has 1 aromatic heterocycles. The second-order valence-corrected chi connectivity index (χ2v) is 6.77. The van der Waals surface area contributed by atoms with Crippen LogP contribution in [0.25, 0.3) is 0 Å². The van der Waals surface area contributed by atoms with Gasteiger partial charge in [-0.2, -0.15) is 0 Å². The van der Waals surface area contributed by atoms with Crippen LogP contribution in [0.2, 0.25) is 0 Å². The second-order valence-electron chi connectivity index (χ2n) is 6.77. The molecule has 0 aliphatic heterocycles. The van der Waals surface area contributed by atoms with Crippen molar-refractivity contribution < 1.29 is 9.53 Å². The zero-order valence-electron chi connectivity index (χ0n) is 17.0. The smallest absolute Gasteiger partial charge is 0.255 e. The topological polar surface area (TPSA) is 54.5 Å². The van der Waals surface area contributed by atoms with Gasteiger partial charge in [0.2, 0.25) is 0 Å². The first-order chi connectivity index (χ1) is 14.2. The third kappa shape index (κ3) is 5.82. The zero-order chi connectivity index (χ0) is 20.5. The Labute approximate surface area is 172 Å². The molecule has 0 saturated heterocycles. The normalized spacial score (nSPS) is 10.4. The van der Waals surface area contributed by atoms with Gasteiger partial charge in [-0.05, 0) is 48.7 Å². The van der Waals surface area contributed by atoms with Gasteiger partial charge < -0.3 is 15.0 Å². The molecule has 0 spiro atoms. The Kier molecular flexibility index (Phi) is 7.22. The largest absolute Gasteiger partial charge is 0.497 e. The predicted octanol–water partition coefficient (Wildman–Crippen LogP) is 4.41. The first kappa shape index (κ1) is 20.4. The molecule has 0 radical (unpaired) electrons. The van der Waals surface area contributed by atoms with Crippen LogP contribution < -0.4 is 10.1 Å². The highest BCUT2D eigenvalue weighted by atomic mass is 16.5. The number of nitrogens with one attached hydrogen (secondary N) is 1. The van der Waals surface area contributed by atoms with Crippen LogP contribution in [-0.4, -0.2) is 36.0 Å². The fourth-order valence-electron chi connectivity index (χ4n) is 3.10. The van der Waals surface area contributed by atoms with Gasteiger partial charge in [0, 0.05) is 25.8 Å². The van der Waals surface area contributed by atoms with Gasteiger partial charge in [0.25, 0.3) is 5.91 Å². The van der Waals surface area contributed by atoms with Crippen molar-refractivity contribution in [3.63, 3.8) is 0 Å². The van der Waals surface area contributed by atoms with Gasteiger partial charge in [-0.3, -0.25) is 4.79 Å². The van der Waals surface area contributed by atoms with Crippen LogP contribution in [0.15, 0.2) is 72.9 Å². The van der Waals surface area contributed by atoms with Crippen LogP contribution >= 0.6 is 0 Å². The Morgan fingerprint density at radius 2 is 1.83 bits per heavy atom. The summed E-state index contributed by atoms with van der Waals surface area (Å²) in [4.78, 5) is 19.0. The number of nitrogens with zero attached hydrogens (tertiary/aromatic N) is 2. The average molecular weight is 389 g/mol. The molecule has 0 aliphatic rings. The van der Waals surface area contributed by atoms with E-state index in [1.54, 1.807) is 13.3 Å². The van der Waals surface area contributed by atoms with E-state index in [2.05, 4.69) is 16.4 Å². The molecule has 3 aromatic rings. The van der Waals surface area contributed by atoms with Crippen LogP contribution in [0.5, 0.6) is 5.75 Å². The van der Waals surface area contributed by atoms with Crippen molar-refractivity contribution >= 4 is 11.7 Å². The number of anilines is 1. The van der Waals surface area contributed by atoms with E-state index in [1.165, 1.54) is 5.56 Å². The number of benzene rings is 2. The van der Waals surface area contributed by atoms with E-state index in [0.29, 0.717) is 18.7 Å². The summed E-state index contributed by atoms with van der Waals surface area (Å²) in [5.41, 5.74) is 2.91. The first-order valence-corrected chi connectivity index (χ1v) is 9.85. The number of amides is 1. The minimum Gasteiger partial charge on any atom is -0.497 e. The number of hydrogen-bond donors (Lipinski definition) is 1. The van der Waals surface area contributed by atoms with E-state index in [4.69, 9.17) is 4.74 Å². The van der Waals surface area contributed by atoms with Crippen molar-refractivity contribution in [1.82, 2.24) is 9.88 Å². The summed E-state index contributed by atoms with van der Waals surface area (Å²) < 4.78 is 5.25. The Bertz CT molecular complexity index is 911. The maximum Gasteiger partial charge on any atom is 0.255 e. The van der Waals surface area contributed by atoms with Crippen LogP contribution in [-0.2, 0) is 13.0 Å². The van der Waals surface area contributed by atoms with Crippen molar-refractivity contribution in [2.75, 3.05) is 25.5 Å². The van der Waals surface area contributed by atoms with Gasteiger partial charge in [-0.15, -0.1) is 0 Å². The molecule has 2 aromatic carbocycles. The summed E-state index contributed by atoms with van der Waals surface area (Å²) in [6.45, 7) is 3.98. The third-order valence-corrected chi connectivity index (χ3v) is 4.75. The fourth-order valence-corrected chi connectivity index (χ4v) is 3.10. The van der Waals surface area contributed by atoms with Gasteiger partial charge in [0.05, 0.1) is 12.7 Å². The summed E-state index contributed by atoms with van der Waals surface area (Å²) in [6, 6.07) is 21.7. The van der Waals surface area contributed by atoms with Gasteiger partial charge in [0.15, 0.2) is 0 Å². The molecular formula is C24H27N3O2. The lowest BCUT2D eigenvalue weighted by atomic mass is 10.1. The molecule has 29 heavy (non-hydrogen) atoms. The summed E-state index contributed by atoms with van der Waals surface area (Å²) in [5, 5.41) is 3.30. The van der Waals surface area contributed by atoms with Crippen molar-refractivity contribution in [2.24, 2.45) is 0 Å². The molecule has 0 aliphatic carbocycles. The molecule has 0 atom stereocenters. The Morgan fingerprint density at radius 1 is 1.03 bits per heavy atom. The maximum atomic E-state index is 12.8. The Morgan fingerprint density at radius 3 is 2.52 bits per heavy atom. The van der Waals surface area contributed by atoms with Crippen molar-refractivity contribution in [3.8, 4) is 5.75 Å². The minimum absolute atomic E-state index is 0.00761. The molecule has 0 saturated carbocycles. The number of pyridine rings is 1. The number of ether oxygens (including phenoxy) is 1. The third-order valence-electron chi connectivity index (χ3n) is 4.75. The minimum atomic E-state index is -0.00761. The number of methoxy groups -OCH3 is 1. The second kappa shape index (κ2) is 10.3. The Balaban J connectivity index is 1.55. The van der Waals surface area contributed by atoms with Crippen molar-refractivity contribution in [1.29, 1.82) is 0 Å². The van der Waals surface area contributed by atoms with Crippen molar-refractivity contribution in [3.05, 3.63) is 89.6 Å². The summed E-state index contributed by atoms with van der Waals surface area (Å²) >= 11 is 0. The fraction of sp³-hybridized carbons (Fsp3) is 0.250. The number of carbonyl (C=O) groups excluding carboxylic acids is 1. The lowest BCUT2D eigenvalue weighted by Gasteiger charge is -2.21. The predicted molar refractivity (Wildman–Crippen MR) is 116 cm³/mol. The van der Waals surface area contributed by atoms with Gasteiger partial charge in [-0.1, -0.05) is 42.5 Å². The molecule has 5 nitrogen and oxygen atoms in total. The van der Waals surface area contributed by atoms with E-state index < -0.39 is 0 Å².